The molecule has 0 aliphatic heterocycles. The molecule has 0 bridgehead atoms. The molecule has 0 saturated heterocycles. The van der Waals surface area contributed by atoms with Crippen molar-refractivity contribution in [3.8, 4) is 0 Å². The molecule has 1 fully saturated rings. The maximum atomic E-state index is 12.1. The summed E-state index contributed by atoms with van der Waals surface area (Å²) in [4.78, 5) is 12.1. The Labute approximate surface area is 124 Å². The minimum absolute atomic E-state index is 0.167. The van der Waals surface area contributed by atoms with Gasteiger partial charge < -0.3 is 5.32 Å². The van der Waals surface area contributed by atoms with Crippen molar-refractivity contribution < 1.29 is 4.79 Å². The summed E-state index contributed by atoms with van der Waals surface area (Å²) < 4.78 is 1.06. The first-order valence-corrected chi connectivity index (χ1v) is 7.92. The second-order valence-electron chi connectivity index (χ2n) is 5.67. The van der Waals surface area contributed by atoms with Crippen molar-refractivity contribution in [1.82, 2.24) is 0 Å². The molecule has 1 aromatic carbocycles. The maximum absolute atomic E-state index is 12.1. The predicted molar refractivity (Wildman–Crippen MR) is 83.4 cm³/mol. The molecule has 1 aliphatic carbocycles. The van der Waals surface area contributed by atoms with E-state index in [1.807, 2.05) is 26.0 Å². The van der Waals surface area contributed by atoms with Crippen molar-refractivity contribution in [2.75, 3.05) is 5.32 Å². The van der Waals surface area contributed by atoms with Crippen LogP contribution in [0.25, 0.3) is 0 Å². The SMILES string of the molecule is Cc1cc(Br)cc(C)c1NC(=O)CC1CCCCC1. The first-order chi connectivity index (χ1) is 9.06. The van der Waals surface area contributed by atoms with E-state index in [4.69, 9.17) is 0 Å². The summed E-state index contributed by atoms with van der Waals surface area (Å²) in [5.74, 6) is 0.755. The summed E-state index contributed by atoms with van der Waals surface area (Å²) >= 11 is 3.48. The lowest BCUT2D eigenvalue weighted by molar-refractivity contribution is -0.117. The van der Waals surface area contributed by atoms with Gasteiger partial charge >= 0.3 is 0 Å². The monoisotopic (exact) mass is 323 g/mol. The standard InChI is InChI=1S/C16H22BrNO/c1-11-8-14(17)9-12(2)16(11)18-15(19)10-13-6-4-3-5-7-13/h8-9,13H,3-7,10H2,1-2H3,(H,18,19). The van der Waals surface area contributed by atoms with Gasteiger partial charge in [-0.1, -0.05) is 35.2 Å². The normalized spacial score (nSPS) is 16.4. The van der Waals surface area contributed by atoms with Gasteiger partial charge in [-0.2, -0.15) is 0 Å². The Bertz CT molecular complexity index is 441. The summed E-state index contributed by atoms with van der Waals surface area (Å²) in [6.45, 7) is 4.07. The zero-order valence-corrected chi connectivity index (χ0v) is 13.3. The second kappa shape index (κ2) is 6.56. The molecular formula is C16H22BrNO. The molecule has 1 aliphatic rings. The highest BCUT2D eigenvalue weighted by molar-refractivity contribution is 9.10. The fourth-order valence-electron chi connectivity index (χ4n) is 2.95. The molecule has 1 saturated carbocycles. The lowest BCUT2D eigenvalue weighted by atomic mass is 9.87. The third-order valence-corrected chi connectivity index (χ3v) is 4.42. The fraction of sp³-hybridized carbons (Fsp3) is 0.562. The molecule has 19 heavy (non-hydrogen) atoms. The van der Waals surface area contributed by atoms with Crippen LogP contribution in [-0.4, -0.2) is 5.91 Å². The van der Waals surface area contributed by atoms with Crippen molar-refractivity contribution >= 4 is 27.5 Å². The van der Waals surface area contributed by atoms with Crippen molar-refractivity contribution in [3.05, 3.63) is 27.7 Å². The van der Waals surface area contributed by atoms with Crippen molar-refractivity contribution in [2.24, 2.45) is 5.92 Å². The van der Waals surface area contributed by atoms with Gasteiger partial charge in [0.05, 0.1) is 0 Å². The molecule has 1 aromatic rings. The Morgan fingerprint density at radius 2 is 1.79 bits per heavy atom. The predicted octanol–water partition coefficient (Wildman–Crippen LogP) is 4.97. The molecule has 3 heteroatoms. The Hall–Kier alpha value is -0.830. The van der Waals surface area contributed by atoms with E-state index in [9.17, 15) is 4.79 Å². The molecule has 0 spiro atoms. The van der Waals surface area contributed by atoms with E-state index in [2.05, 4.69) is 21.2 Å². The van der Waals surface area contributed by atoms with Gasteiger partial charge in [0.1, 0.15) is 0 Å². The summed E-state index contributed by atoms with van der Waals surface area (Å²) in [7, 11) is 0. The molecule has 1 N–H and O–H groups in total. The lowest BCUT2D eigenvalue weighted by Gasteiger charge is -2.21. The summed E-state index contributed by atoms with van der Waals surface area (Å²) in [5.41, 5.74) is 3.21. The first-order valence-electron chi connectivity index (χ1n) is 7.13. The van der Waals surface area contributed by atoms with E-state index in [0.717, 1.165) is 21.3 Å². The highest BCUT2D eigenvalue weighted by Gasteiger charge is 2.17. The van der Waals surface area contributed by atoms with Gasteiger partial charge in [0.25, 0.3) is 0 Å². The Kier molecular flexibility index (Phi) is 5.03. The molecule has 0 aromatic heterocycles. The molecule has 1 amide bonds. The van der Waals surface area contributed by atoms with Crippen LogP contribution in [0, 0.1) is 19.8 Å². The minimum atomic E-state index is 0.167. The molecule has 104 valence electrons. The van der Waals surface area contributed by atoms with Crippen LogP contribution in [0.2, 0.25) is 0 Å². The highest BCUT2D eigenvalue weighted by atomic mass is 79.9. The average molecular weight is 324 g/mol. The van der Waals surface area contributed by atoms with Gasteiger partial charge in [0.15, 0.2) is 0 Å². The fourth-order valence-corrected chi connectivity index (χ4v) is 3.64. The number of aryl methyl sites for hydroxylation is 2. The van der Waals surface area contributed by atoms with Crippen LogP contribution < -0.4 is 5.32 Å². The first kappa shape index (κ1) is 14.6. The molecule has 2 nitrogen and oxygen atoms in total. The van der Waals surface area contributed by atoms with Crippen LogP contribution in [0.15, 0.2) is 16.6 Å². The van der Waals surface area contributed by atoms with Crippen LogP contribution in [-0.2, 0) is 4.79 Å². The number of hydrogen-bond donors (Lipinski definition) is 1. The Balaban J connectivity index is 1.98. The number of benzene rings is 1. The number of halogens is 1. The van der Waals surface area contributed by atoms with E-state index < -0.39 is 0 Å². The summed E-state index contributed by atoms with van der Waals surface area (Å²) in [6.07, 6.45) is 7.01. The zero-order valence-electron chi connectivity index (χ0n) is 11.8. The highest BCUT2D eigenvalue weighted by Crippen LogP contribution is 2.28. The number of anilines is 1. The number of carbonyl (C=O) groups is 1. The largest absolute Gasteiger partial charge is 0.326 e. The maximum Gasteiger partial charge on any atom is 0.224 e. The number of carbonyl (C=O) groups excluding carboxylic acids is 1. The second-order valence-corrected chi connectivity index (χ2v) is 6.59. The van der Waals surface area contributed by atoms with Gasteiger partial charge in [0, 0.05) is 16.6 Å². The van der Waals surface area contributed by atoms with Gasteiger partial charge in [-0.3, -0.25) is 4.79 Å². The Morgan fingerprint density at radius 3 is 2.37 bits per heavy atom. The van der Waals surface area contributed by atoms with Crippen molar-refractivity contribution in [3.63, 3.8) is 0 Å². The molecule has 0 radical (unpaired) electrons. The van der Waals surface area contributed by atoms with Crippen LogP contribution >= 0.6 is 15.9 Å². The number of nitrogens with one attached hydrogen (secondary N) is 1. The van der Waals surface area contributed by atoms with E-state index in [1.165, 1.54) is 32.1 Å². The van der Waals surface area contributed by atoms with Crippen LogP contribution in [0.4, 0.5) is 5.69 Å². The molecule has 2 rings (SSSR count). The van der Waals surface area contributed by atoms with Gasteiger partial charge in [-0.25, -0.2) is 0 Å². The molecule has 0 atom stereocenters. The summed E-state index contributed by atoms with van der Waals surface area (Å²) in [6, 6.07) is 4.09. The van der Waals surface area contributed by atoms with Crippen LogP contribution in [0.1, 0.15) is 49.7 Å². The number of hydrogen-bond acceptors (Lipinski definition) is 1. The van der Waals surface area contributed by atoms with Crippen LogP contribution in [0.3, 0.4) is 0 Å². The minimum Gasteiger partial charge on any atom is -0.326 e. The van der Waals surface area contributed by atoms with E-state index in [1.54, 1.807) is 0 Å². The van der Waals surface area contributed by atoms with Crippen molar-refractivity contribution in [1.29, 1.82) is 0 Å². The Morgan fingerprint density at radius 1 is 1.21 bits per heavy atom. The smallest absolute Gasteiger partial charge is 0.224 e. The average Bonchev–Trinajstić information content (AvgIpc) is 2.35. The number of amides is 1. The van der Waals surface area contributed by atoms with Gasteiger partial charge in [0.2, 0.25) is 5.91 Å². The molecule has 0 heterocycles. The quantitative estimate of drug-likeness (QED) is 0.835. The van der Waals surface area contributed by atoms with E-state index in [-0.39, 0.29) is 5.91 Å². The molecular weight excluding hydrogens is 302 g/mol. The summed E-state index contributed by atoms with van der Waals surface area (Å²) in [5, 5.41) is 3.09. The van der Waals surface area contributed by atoms with Gasteiger partial charge in [-0.15, -0.1) is 0 Å². The van der Waals surface area contributed by atoms with Crippen LogP contribution in [0.5, 0.6) is 0 Å². The zero-order chi connectivity index (χ0) is 13.8. The third-order valence-electron chi connectivity index (χ3n) is 3.96. The van der Waals surface area contributed by atoms with E-state index in [0.29, 0.717) is 12.3 Å². The van der Waals surface area contributed by atoms with Crippen molar-refractivity contribution in [2.45, 2.75) is 52.4 Å². The third kappa shape index (κ3) is 4.07. The van der Waals surface area contributed by atoms with Gasteiger partial charge in [-0.05, 0) is 55.9 Å². The number of rotatable bonds is 3. The van der Waals surface area contributed by atoms with E-state index >= 15 is 0 Å². The molecule has 0 unspecified atom stereocenters. The topological polar surface area (TPSA) is 29.1 Å². The lowest BCUT2D eigenvalue weighted by Crippen LogP contribution is -2.19.